The van der Waals surface area contributed by atoms with E-state index in [4.69, 9.17) is 4.74 Å². The van der Waals surface area contributed by atoms with E-state index < -0.39 is 17.8 Å². The molecule has 4 heterocycles. The van der Waals surface area contributed by atoms with E-state index in [0.29, 0.717) is 24.2 Å². The Morgan fingerprint density at radius 1 is 1.20 bits per heavy atom. The standard InChI is InChI=1S/C24H27F3N6O2/c1-14-21-20(32(3)22(15(2)35-4)23(34)31-21)9-18(30-14)7-5-16-10-29-33(12-16)13-19-8-6-17(11-28-19)24(25,26)27/h6,8-12,15,22H,5,7,13H2,1-4H3,(H,31,34)/t15-,22+/m1/s1. The fourth-order valence-electron chi connectivity index (χ4n) is 4.21. The molecule has 1 aliphatic rings. The van der Waals surface area contributed by atoms with E-state index in [-0.39, 0.29) is 18.6 Å². The first-order valence-corrected chi connectivity index (χ1v) is 11.2. The third kappa shape index (κ3) is 5.29. The summed E-state index contributed by atoms with van der Waals surface area (Å²) in [5.74, 6) is -0.123. The van der Waals surface area contributed by atoms with Gasteiger partial charge in [-0.3, -0.25) is 19.4 Å². The molecule has 186 valence electrons. The van der Waals surface area contributed by atoms with Gasteiger partial charge in [-0.25, -0.2) is 0 Å². The number of carbonyl (C=O) groups excluding carboxylic acids is 1. The smallest absolute Gasteiger partial charge is 0.379 e. The number of hydrogen-bond donors (Lipinski definition) is 1. The number of hydrogen-bond acceptors (Lipinski definition) is 6. The minimum atomic E-state index is -4.41. The number of fused-ring (bicyclic) bond motifs is 1. The van der Waals surface area contributed by atoms with Crippen LogP contribution in [0.4, 0.5) is 24.5 Å². The van der Waals surface area contributed by atoms with Crippen molar-refractivity contribution in [2.24, 2.45) is 0 Å². The Labute approximate surface area is 201 Å². The number of methoxy groups -OCH3 is 1. The summed E-state index contributed by atoms with van der Waals surface area (Å²) < 4.78 is 45.2. The number of rotatable bonds is 7. The molecule has 0 saturated heterocycles. The van der Waals surface area contributed by atoms with Crippen LogP contribution in [0.25, 0.3) is 0 Å². The fourth-order valence-corrected chi connectivity index (χ4v) is 4.21. The Morgan fingerprint density at radius 2 is 1.97 bits per heavy atom. The third-order valence-corrected chi connectivity index (χ3v) is 6.20. The second kappa shape index (κ2) is 9.65. The number of likely N-dealkylation sites (N-methyl/N-ethyl adjacent to an activating group) is 1. The lowest BCUT2D eigenvalue weighted by molar-refractivity contribution is -0.137. The van der Waals surface area contributed by atoms with Gasteiger partial charge in [-0.2, -0.15) is 18.3 Å². The van der Waals surface area contributed by atoms with Gasteiger partial charge in [0, 0.05) is 32.2 Å². The number of carbonyl (C=O) groups is 1. The number of nitrogens with one attached hydrogen (secondary N) is 1. The summed E-state index contributed by atoms with van der Waals surface area (Å²) in [6.45, 7) is 4.00. The highest BCUT2D eigenvalue weighted by Crippen LogP contribution is 2.35. The molecule has 0 aromatic carbocycles. The Bertz CT molecular complexity index is 1210. The number of nitrogens with zero attached hydrogens (tertiary/aromatic N) is 5. The molecular weight excluding hydrogens is 461 g/mol. The van der Waals surface area contributed by atoms with Crippen LogP contribution in [-0.4, -0.2) is 52.0 Å². The zero-order chi connectivity index (χ0) is 25.3. The first-order chi connectivity index (χ1) is 16.6. The van der Waals surface area contributed by atoms with Crippen LogP contribution in [0.2, 0.25) is 0 Å². The molecule has 0 radical (unpaired) electrons. The maximum Gasteiger partial charge on any atom is 0.417 e. The van der Waals surface area contributed by atoms with Gasteiger partial charge in [-0.05, 0) is 50.5 Å². The van der Waals surface area contributed by atoms with E-state index in [2.05, 4.69) is 20.4 Å². The highest BCUT2D eigenvalue weighted by Gasteiger charge is 2.36. The number of ether oxygens (including phenoxy) is 1. The van der Waals surface area contributed by atoms with Crippen molar-refractivity contribution in [1.82, 2.24) is 19.7 Å². The molecule has 3 aromatic heterocycles. The summed E-state index contributed by atoms with van der Waals surface area (Å²) >= 11 is 0. The van der Waals surface area contributed by atoms with Gasteiger partial charge in [0.1, 0.15) is 6.04 Å². The van der Waals surface area contributed by atoms with Crippen LogP contribution >= 0.6 is 0 Å². The Hall–Kier alpha value is -3.47. The summed E-state index contributed by atoms with van der Waals surface area (Å²) in [6.07, 6.45) is 1.07. The summed E-state index contributed by atoms with van der Waals surface area (Å²) in [5, 5.41) is 7.26. The number of amides is 1. The molecule has 0 bridgehead atoms. The van der Waals surface area contributed by atoms with E-state index in [1.807, 2.05) is 38.1 Å². The molecule has 0 aliphatic carbocycles. The second-order valence-electron chi connectivity index (χ2n) is 8.66. The van der Waals surface area contributed by atoms with Crippen LogP contribution in [-0.2, 0) is 35.1 Å². The SMILES string of the molecule is CO[C@H](C)[C@H]1C(=O)Nc2c(cc(CCc3cnn(Cc4ccc(C(F)(F)F)cn4)c3)nc2C)N1C. The number of halogens is 3. The zero-order valence-electron chi connectivity index (χ0n) is 19.9. The van der Waals surface area contributed by atoms with Crippen LogP contribution in [0.1, 0.15) is 35.1 Å². The van der Waals surface area contributed by atoms with Crippen molar-refractivity contribution in [3.05, 3.63) is 65.0 Å². The molecule has 11 heteroatoms. The van der Waals surface area contributed by atoms with Gasteiger partial charge in [-0.15, -0.1) is 0 Å². The Kier molecular flexibility index (Phi) is 6.79. The summed E-state index contributed by atoms with van der Waals surface area (Å²) in [6, 6.07) is 3.91. The summed E-state index contributed by atoms with van der Waals surface area (Å²) in [4.78, 5) is 23.1. The van der Waals surface area contributed by atoms with E-state index in [9.17, 15) is 18.0 Å². The van der Waals surface area contributed by atoms with Crippen molar-refractivity contribution in [3.63, 3.8) is 0 Å². The average Bonchev–Trinajstić information content (AvgIpc) is 3.25. The van der Waals surface area contributed by atoms with Gasteiger partial charge in [0.15, 0.2) is 0 Å². The number of aromatic nitrogens is 4. The largest absolute Gasteiger partial charge is 0.417 e. The second-order valence-corrected chi connectivity index (χ2v) is 8.66. The molecule has 0 fully saturated rings. The first-order valence-electron chi connectivity index (χ1n) is 11.2. The highest BCUT2D eigenvalue weighted by molar-refractivity contribution is 6.04. The number of anilines is 2. The first kappa shape index (κ1) is 24.6. The molecule has 4 rings (SSSR count). The van der Waals surface area contributed by atoms with Crippen molar-refractivity contribution in [3.8, 4) is 0 Å². The molecule has 0 saturated carbocycles. The normalized spacial score (nSPS) is 16.7. The highest BCUT2D eigenvalue weighted by atomic mass is 19.4. The molecular formula is C24H27F3N6O2. The molecule has 35 heavy (non-hydrogen) atoms. The molecule has 8 nitrogen and oxygen atoms in total. The summed E-state index contributed by atoms with van der Waals surface area (Å²) in [7, 11) is 3.46. The topological polar surface area (TPSA) is 85.2 Å². The lowest BCUT2D eigenvalue weighted by Gasteiger charge is -2.38. The van der Waals surface area contributed by atoms with Gasteiger partial charge in [0.05, 0.1) is 47.2 Å². The molecule has 3 aromatic rings. The van der Waals surface area contributed by atoms with E-state index >= 15 is 0 Å². The van der Waals surface area contributed by atoms with Gasteiger partial charge in [-0.1, -0.05) is 0 Å². The van der Waals surface area contributed by atoms with Crippen LogP contribution < -0.4 is 10.2 Å². The van der Waals surface area contributed by atoms with Crippen molar-refractivity contribution < 1.29 is 22.7 Å². The monoisotopic (exact) mass is 488 g/mol. The lowest BCUT2D eigenvalue weighted by Crippen LogP contribution is -2.52. The molecule has 2 atom stereocenters. The maximum atomic E-state index is 12.7. The lowest BCUT2D eigenvalue weighted by atomic mass is 10.0. The average molecular weight is 489 g/mol. The predicted octanol–water partition coefficient (Wildman–Crippen LogP) is 3.63. The minimum absolute atomic E-state index is 0.123. The molecule has 1 N–H and O–H groups in total. The van der Waals surface area contributed by atoms with E-state index in [0.717, 1.165) is 34.9 Å². The number of pyridine rings is 2. The third-order valence-electron chi connectivity index (χ3n) is 6.20. The molecule has 0 spiro atoms. The van der Waals surface area contributed by atoms with Gasteiger partial charge < -0.3 is 15.0 Å². The van der Waals surface area contributed by atoms with E-state index in [1.165, 1.54) is 6.07 Å². The molecule has 0 unspecified atom stereocenters. The van der Waals surface area contributed by atoms with Crippen LogP contribution in [0, 0.1) is 6.92 Å². The van der Waals surface area contributed by atoms with Crippen LogP contribution in [0.15, 0.2) is 36.8 Å². The van der Waals surface area contributed by atoms with Gasteiger partial charge in [0.2, 0.25) is 5.91 Å². The van der Waals surface area contributed by atoms with E-state index in [1.54, 1.807) is 18.0 Å². The van der Waals surface area contributed by atoms with Crippen LogP contribution in [0.5, 0.6) is 0 Å². The maximum absolute atomic E-state index is 12.7. The molecule has 1 aliphatic heterocycles. The summed E-state index contributed by atoms with van der Waals surface area (Å²) in [5.41, 5.74) is 3.91. The van der Waals surface area contributed by atoms with Crippen molar-refractivity contribution in [2.45, 2.75) is 51.6 Å². The number of alkyl halides is 3. The fraction of sp³-hybridized carbons (Fsp3) is 0.417. The quantitative estimate of drug-likeness (QED) is 0.547. The van der Waals surface area contributed by atoms with Crippen LogP contribution in [0.3, 0.4) is 0 Å². The van der Waals surface area contributed by atoms with Crippen molar-refractivity contribution in [1.29, 1.82) is 0 Å². The molecule has 1 amide bonds. The minimum Gasteiger partial charge on any atom is -0.379 e. The van der Waals surface area contributed by atoms with Gasteiger partial charge >= 0.3 is 6.18 Å². The van der Waals surface area contributed by atoms with Gasteiger partial charge in [0.25, 0.3) is 0 Å². The Morgan fingerprint density at radius 3 is 2.63 bits per heavy atom. The van der Waals surface area contributed by atoms with Crippen molar-refractivity contribution >= 4 is 17.3 Å². The zero-order valence-corrected chi connectivity index (χ0v) is 19.9. The van der Waals surface area contributed by atoms with Crippen molar-refractivity contribution in [2.75, 3.05) is 24.4 Å². The predicted molar refractivity (Wildman–Crippen MR) is 124 cm³/mol. The number of aryl methyl sites for hydroxylation is 3. The Balaban J connectivity index is 1.43.